The van der Waals surface area contributed by atoms with Gasteiger partial charge in [0.1, 0.15) is 6.10 Å². The SMILES string of the molecule is OC(Cc1ccncc1Cl)c1nccc2ccccc12. The number of rotatable bonds is 3. The zero-order valence-electron chi connectivity index (χ0n) is 10.7. The summed E-state index contributed by atoms with van der Waals surface area (Å²) in [5, 5.41) is 13.0. The Kier molecular flexibility index (Phi) is 3.63. The molecule has 3 nitrogen and oxygen atoms in total. The molecule has 0 bridgehead atoms. The number of hydrogen-bond acceptors (Lipinski definition) is 3. The van der Waals surface area contributed by atoms with E-state index < -0.39 is 6.10 Å². The van der Waals surface area contributed by atoms with Gasteiger partial charge in [-0.1, -0.05) is 35.9 Å². The summed E-state index contributed by atoms with van der Waals surface area (Å²) in [7, 11) is 0. The Hall–Kier alpha value is -1.97. The molecule has 0 fully saturated rings. The molecule has 0 amide bonds. The summed E-state index contributed by atoms with van der Waals surface area (Å²) in [5.41, 5.74) is 1.54. The Morgan fingerprint density at radius 3 is 2.80 bits per heavy atom. The lowest BCUT2D eigenvalue weighted by Gasteiger charge is -2.13. The molecule has 0 spiro atoms. The minimum absolute atomic E-state index is 0.419. The lowest BCUT2D eigenvalue weighted by atomic mass is 10.0. The molecule has 20 heavy (non-hydrogen) atoms. The quantitative estimate of drug-likeness (QED) is 0.800. The van der Waals surface area contributed by atoms with Gasteiger partial charge in [0, 0.05) is 30.4 Å². The molecule has 1 atom stereocenters. The Balaban J connectivity index is 1.97. The van der Waals surface area contributed by atoms with Gasteiger partial charge < -0.3 is 5.11 Å². The van der Waals surface area contributed by atoms with Crippen molar-refractivity contribution in [2.24, 2.45) is 0 Å². The minimum Gasteiger partial charge on any atom is -0.386 e. The first kappa shape index (κ1) is 13.0. The highest BCUT2D eigenvalue weighted by Gasteiger charge is 2.14. The molecular formula is C16H13ClN2O. The number of pyridine rings is 2. The van der Waals surface area contributed by atoms with Crippen molar-refractivity contribution in [1.29, 1.82) is 0 Å². The second-order valence-corrected chi connectivity index (χ2v) is 5.01. The summed E-state index contributed by atoms with van der Waals surface area (Å²) in [6.45, 7) is 0. The summed E-state index contributed by atoms with van der Waals surface area (Å²) < 4.78 is 0. The van der Waals surface area contributed by atoms with Crippen molar-refractivity contribution in [2.45, 2.75) is 12.5 Å². The van der Waals surface area contributed by atoms with Gasteiger partial charge in [-0.15, -0.1) is 0 Å². The van der Waals surface area contributed by atoms with Crippen LogP contribution >= 0.6 is 11.6 Å². The van der Waals surface area contributed by atoms with Gasteiger partial charge in [-0.05, 0) is 23.1 Å². The van der Waals surface area contributed by atoms with Crippen molar-refractivity contribution in [1.82, 2.24) is 9.97 Å². The van der Waals surface area contributed by atoms with Gasteiger partial charge in [-0.2, -0.15) is 0 Å². The first-order chi connectivity index (χ1) is 9.75. The fraction of sp³-hybridized carbons (Fsp3) is 0.125. The molecule has 0 aliphatic heterocycles. The number of halogens is 1. The Morgan fingerprint density at radius 2 is 1.95 bits per heavy atom. The van der Waals surface area contributed by atoms with E-state index >= 15 is 0 Å². The van der Waals surface area contributed by atoms with Crippen LogP contribution in [0, 0.1) is 0 Å². The van der Waals surface area contributed by atoms with Gasteiger partial charge in [0.05, 0.1) is 10.7 Å². The van der Waals surface area contributed by atoms with Crippen LogP contribution in [0.4, 0.5) is 0 Å². The summed E-state index contributed by atoms with van der Waals surface area (Å²) in [6, 6.07) is 11.6. The molecular weight excluding hydrogens is 272 g/mol. The smallest absolute Gasteiger partial charge is 0.101 e. The standard InChI is InChI=1S/C16H13ClN2O/c17-14-10-18-7-5-12(14)9-15(20)16-13-4-2-1-3-11(13)6-8-19-16/h1-8,10,15,20H,9H2. The fourth-order valence-corrected chi connectivity index (χ4v) is 2.48. The Labute approximate surface area is 121 Å². The van der Waals surface area contributed by atoms with E-state index in [0.29, 0.717) is 17.1 Å². The predicted octanol–water partition coefficient (Wildman–Crippen LogP) is 3.56. The monoisotopic (exact) mass is 284 g/mol. The second-order valence-electron chi connectivity index (χ2n) is 4.60. The zero-order valence-corrected chi connectivity index (χ0v) is 11.5. The number of nitrogens with zero attached hydrogens (tertiary/aromatic N) is 2. The Bertz CT molecular complexity index is 740. The van der Waals surface area contributed by atoms with Crippen LogP contribution < -0.4 is 0 Å². The number of aliphatic hydroxyl groups is 1. The zero-order chi connectivity index (χ0) is 13.9. The molecule has 100 valence electrons. The number of aromatic nitrogens is 2. The lowest BCUT2D eigenvalue weighted by Crippen LogP contribution is -2.05. The highest BCUT2D eigenvalue weighted by atomic mass is 35.5. The molecule has 4 heteroatoms. The van der Waals surface area contributed by atoms with Gasteiger partial charge >= 0.3 is 0 Å². The van der Waals surface area contributed by atoms with E-state index in [9.17, 15) is 5.11 Å². The molecule has 0 saturated heterocycles. The van der Waals surface area contributed by atoms with Gasteiger partial charge in [0.25, 0.3) is 0 Å². The van der Waals surface area contributed by atoms with Gasteiger partial charge in [-0.3, -0.25) is 9.97 Å². The lowest BCUT2D eigenvalue weighted by molar-refractivity contribution is 0.175. The van der Waals surface area contributed by atoms with Crippen molar-refractivity contribution in [3.63, 3.8) is 0 Å². The first-order valence-corrected chi connectivity index (χ1v) is 6.73. The maximum Gasteiger partial charge on any atom is 0.101 e. The fourth-order valence-electron chi connectivity index (χ4n) is 2.28. The van der Waals surface area contributed by atoms with Crippen molar-refractivity contribution >= 4 is 22.4 Å². The van der Waals surface area contributed by atoms with E-state index in [1.165, 1.54) is 0 Å². The summed E-state index contributed by atoms with van der Waals surface area (Å²) in [4.78, 5) is 8.27. The van der Waals surface area contributed by atoms with Crippen LogP contribution in [0.2, 0.25) is 5.02 Å². The van der Waals surface area contributed by atoms with Crippen LogP contribution in [0.3, 0.4) is 0 Å². The molecule has 0 saturated carbocycles. The van der Waals surface area contributed by atoms with E-state index in [1.54, 1.807) is 18.6 Å². The number of benzene rings is 1. The highest BCUT2D eigenvalue weighted by Crippen LogP contribution is 2.26. The van der Waals surface area contributed by atoms with Gasteiger partial charge in [0.2, 0.25) is 0 Å². The summed E-state index contributed by atoms with van der Waals surface area (Å²) in [6.07, 6.45) is 4.70. The van der Waals surface area contributed by atoms with Crippen molar-refractivity contribution in [3.8, 4) is 0 Å². The van der Waals surface area contributed by atoms with Crippen molar-refractivity contribution in [2.75, 3.05) is 0 Å². The molecule has 2 heterocycles. The van der Waals surface area contributed by atoms with Crippen molar-refractivity contribution < 1.29 is 5.11 Å². The topological polar surface area (TPSA) is 46.0 Å². The molecule has 0 aliphatic carbocycles. The number of aliphatic hydroxyl groups excluding tert-OH is 1. The molecule has 1 aromatic carbocycles. The second kappa shape index (κ2) is 5.57. The van der Waals surface area contributed by atoms with Crippen LogP contribution in [0.5, 0.6) is 0 Å². The van der Waals surface area contributed by atoms with Crippen molar-refractivity contribution in [3.05, 3.63) is 71.3 Å². The number of hydrogen-bond donors (Lipinski definition) is 1. The molecule has 1 N–H and O–H groups in total. The van der Waals surface area contributed by atoms with Crippen LogP contribution in [0.15, 0.2) is 55.0 Å². The first-order valence-electron chi connectivity index (χ1n) is 6.36. The largest absolute Gasteiger partial charge is 0.386 e. The third-order valence-corrected chi connectivity index (χ3v) is 3.63. The minimum atomic E-state index is -0.694. The average molecular weight is 285 g/mol. The Morgan fingerprint density at radius 1 is 1.10 bits per heavy atom. The average Bonchev–Trinajstić information content (AvgIpc) is 2.49. The van der Waals surface area contributed by atoms with E-state index in [2.05, 4.69) is 9.97 Å². The number of fused-ring (bicyclic) bond motifs is 1. The molecule has 2 aromatic heterocycles. The van der Waals surface area contributed by atoms with E-state index in [-0.39, 0.29) is 0 Å². The molecule has 0 aliphatic rings. The summed E-state index contributed by atoms with van der Waals surface area (Å²) in [5.74, 6) is 0. The van der Waals surface area contributed by atoms with Crippen LogP contribution in [-0.2, 0) is 6.42 Å². The van der Waals surface area contributed by atoms with Gasteiger partial charge in [0.15, 0.2) is 0 Å². The summed E-state index contributed by atoms with van der Waals surface area (Å²) >= 11 is 6.08. The molecule has 3 rings (SSSR count). The maximum atomic E-state index is 10.5. The van der Waals surface area contributed by atoms with Crippen LogP contribution in [-0.4, -0.2) is 15.1 Å². The van der Waals surface area contributed by atoms with E-state index in [0.717, 1.165) is 16.3 Å². The van der Waals surface area contributed by atoms with Gasteiger partial charge in [-0.25, -0.2) is 0 Å². The third-order valence-electron chi connectivity index (χ3n) is 3.29. The van der Waals surface area contributed by atoms with E-state index in [4.69, 9.17) is 11.6 Å². The van der Waals surface area contributed by atoms with Crippen LogP contribution in [0.25, 0.3) is 10.8 Å². The molecule has 1 unspecified atom stereocenters. The van der Waals surface area contributed by atoms with Crippen LogP contribution in [0.1, 0.15) is 17.4 Å². The normalized spacial score (nSPS) is 12.5. The predicted molar refractivity (Wildman–Crippen MR) is 79.7 cm³/mol. The molecule has 0 radical (unpaired) electrons. The van der Waals surface area contributed by atoms with E-state index in [1.807, 2.05) is 36.4 Å². The maximum absolute atomic E-state index is 10.5. The highest BCUT2D eigenvalue weighted by molar-refractivity contribution is 6.31. The third kappa shape index (κ3) is 2.50. The molecule has 3 aromatic rings.